The summed E-state index contributed by atoms with van der Waals surface area (Å²) in [6.07, 6.45) is 6.07. The normalized spacial score (nSPS) is 14.5. The zero-order valence-electron chi connectivity index (χ0n) is 18.2. The monoisotopic (exact) mass is 383 g/mol. The van der Waals surface area contributed by atoms with E-state index in [9.17, 15) is 9.59 Å². The van der Waals surface area contributed by atoms with Crippen LogP contribution in [0.3, 0.4) is 0 Å². The number of ketones is 1. The number of ether oxygens (including phenoxy) is 1. The minimum absolute atomic E-state index is 0.0369. The third-order valence-corrected chi connectivity index (χ3v) is 8.66. The standard InChI is InChI=1S/C20H37NO4Si/c1-11-12-17(22)15-21(18(23)25-19(3,4)5)16(2)13-14-24-26(9,10)20(6,7)8/h11-14,16H,15H2,1-10H3. The van der Waals surface area contributed by atoms with Crippen molar-refractivity contribution in [2.24, 2.45) is 0 Å². The molecular weight excluding hydrogens is 346 g/mol. The molecule has 1 atom stereocenters. The Kier molecular flexibility index (Phi) is 8.83. The van der Waals surface area contributed by atoms with Gasteiger partial charge in [0, 0.05) is 0 Å². The zero-order chi connectivity index (χ0) is 20.8. The van der Waals surface area contributed by atoms with Gasteiger partial charge in [-0.1, -0.05) is 26.8 Å². The zero-order valence-corrected chi connectivity index (χ0v) is 19.2. The molecule has 0 saturated carbocycles. The van der Waals surface area contributed by atoms with E-state index in [0.29, 0.717) is 0 Å². The van der Waals surface area contributed by atoms with Crippen molar-refractivity contribution in [3.63, 3.8) is 0 Å². The highest BCUT2D eigenvalue weighted by atomic mass is 28.4. The van der Waals surface area contributed by atoms with Crippen LogP contribution in [0, 0.1) is 0 Å². The van der Waals surface area contributed by atoms with Gasteiger partial charge < -0.3 is 9.16 Å². The maximum absolute atomic E-state index is 12.5. The lowest BCUT2D eigenvalue weighted by Gasteiger charge is -2.35. The van der Waals surface area contributed by atoms with Crippen molar-refractivity contribution in [3.8, 4) is 0 Å². The van der Waals surface area contributed by atoms with Crippen LogP contribution in [0.1, 0.15) is 55.4 Å². The Morgan fingerprint density at radius 3 is 2.08 bits per heavy atom. The lowest BCUT2D eigenvalue weighted by Crippen LogP contribution is -2.44. The molecule has 1 amide bonds. The summed E-state index contributed by atoms with van der Waals surface area (Å²) in [6, 6.07) is -0.330. The predicted molar refractivity (Wildman–Crippen MR) is 110 cm³/mol. The Bertz CT molecular complexity index is 539. The van der Waals surface area contributed by atoms with E-state index in [1.54, 1.807) is 46.1 Å². The van der Waals surface area contributed by atoms with Gasteiger partial charge in [0.1, 0.15) is 5.60 Å². The van der Waals surface area contributed by atoms with Gasteiger partial charge in [-0.05, 0) is 64.9 Å². The summed E-state index contributed by atoms with van der Waals surface area (Å²) in [7, 11) is -1.92. The van der Waals surface area contributed by atoms with Crippen LogP contribution in [-0.2, 0) is 14.0 Å². The first-order chi connectivity index (χ1) is 11.6. The van der Waals surface area contributed by atoms with Crippen molar-refractivity contribution in [2.75, 3.05) is 6.54 Å². The fraction of sp³-hybridized carbons (Fsp3) is 0.700. The topological polar surface area (TPSA) is 55.8 Å². The minimum Gasteiger partial charge on any atom is -0.549 e. The second-order valence-corrected chi connectivity index (χ2v) is 13.8. The van der Waals surface area contributed by atoms with Crippen LogP contribution >= 0.6 is 0 Å². The summed E-state index contributed by atoms with van der Waals surface area (Å²) < 4.78 is 11.5. The van der Waals surface area contributed by atoms with Crippen LogP contribution < -0.4 is 0 Å². The number of amides is 1. The van der Waals surface area contributed by atoms with Gasteiger partial charge in [0.2, 0.25) is 8.32 Å². The third kappa shape index (κ3) is 8.69. The van der Waals surface area contributed by atoms with E-state index in [-0.39, 0.29) is 23.4 Å². The van der Waals surface area contributed by atoms with Crippen molar-refractivity contribution in [3.05, 3.63) is 24.5 Å². The van der Waals surface area contributed by atoms with E-state index in [1.807, 2.05) is 6.92 Å². The Balaban J connectivity index is 5.26. The number of allylic oxidation sites excluding steroid dienone is 1. The summed E-state index contributed by atoms with van der Waals surface area (Å²) in [4.78, 5) is 25.9. The Hall–Kier alpha value is -1.56. The molecule has 26 heavy (non-hydrogen) atoms. The van der Waals surface area contributed by atoms with E-state index in [2.05, 4.69) is 33.9 Å². The molecule has 150 valence electrons. The molecule has 0 aliphatic heterocycles. The number of hydrogen-bond donors (Lipinski definition) is 0. The first-order valence-corrected chi connectivity index (χ1v) is 12.0. The molecule has 0 heterocycles. The van der Waals surface area contributed by atoms with E-state index in [0.717, 1.165) is 0 Å². The first kappa shape index (κ1) is 24.4. The highest BCUT2D eigenvalue weighted by Gasteiger charge is 2.38. The molecule has 0 bridgehead atoms. The van der Waals surface area contributed by atoms with Gasteiger partial charge in [-0.3, -0.25) is 9.69 Å². The van der Waals surface area contributed by atoms with E-state index >= 15 is 0 Å². The van der Waals surface area contributed by atoms with E-state index in [1.165, 1.54) is 11.0 Å². The van der Waals surface area contributed by atoms with Crippen molar-refractivity contribution < 1.29 is 18.8 Å². The molecule has 0 N–H and O–H groups in total. The van der Waals surface area contributed by atoms with Gasteiger partial charge >= 0.3 is 6.09 Å². The minimum atomic E-state index is -1.92. The quantitative estimate of drug-likeness (QED) is 0.340. The summed E-state index contributed by atoms with van der Waals surface area (Å²) >= 11 is 0. The van der Waals surface area contributed by atoms with Crippen LogP contribution in [0.15, 0.2) is 24.5 Å². The molecule has 0 aromatic rings. The highest BCUT2D eigenvalue weighted by molar-refractivity contribution is 6.74. The van der Waals surface area contributed by atoms with Crippen LogP contribution in [-0.4, -0.2) is 43.3 Å². The molecule has 0 aromatic heterocycles. The molecule has 0 saturated heterocycles. The van der Waals surface area contributed by atoms with Gasteiger partial charge in [0.15, 0.2) is 5.78 Å². The van der Waals surface area contributed by atoms with Crippen LogP contribution in [0.4, 0.5) is 4.79 Å². The van der Waals surface area contributed by atoms with Crippen LogP contribution in [0.25, 0.3) is 0 Å². The van der Waals surface area contributed by atoms with Gasteiger partial charge in [-0.15, -0.1) is 0 Å². The molecule has 0 aliphatic rings. The molecule has 0 spiro atoms. The van der Waals surface area contributed by atoms with Gasteiger partial charge in [-0.25, -0.2) is 4.79 Å². The van der Waals surface area contributed by atoms with Crippen molar-refractivity contribution >= 4 is 20.2 Å². The fourth-order valence-corrected chi connectivity index (χ4v) is 2.48. The average Bonchev–Trinajstić information content (AvgIpc) is 2.41. The largest absolute Gasteiger partial charge is 0.549 e. The molecule has 1 unspecified atom stereocenters. The van der Waals surface area contributed by atoms with Gasteiger partial charge in [0.05, 0.1) is 18.8 Å². The molecule has 6 heteroatoms. The lowest BCUT2D eigenvalue weighted by molar-refractivity contribution is -0.116. The van der Waals surface area contributed by atoms with Crippen molar-refractivity contribution in [1.29, 1.82) is 0 Å². The van der Waals surface area contributed by atoms with Gasteiger partial charge in [0.25, 0.3) is 0 Å². The Labute approximate surface area is 160 Å². The van der Waals surface area contributed by atoms with Crippen LogP contribution in [0.5, 0.6) is 0 Å². The second kappa shape index (κ2) is 9.40. The number of carbonyl (C=O) groups excluding carboxylic acids is 2. The molecule has 0 rings (SSSR count). The summed E-state index contributed by atoms with van der Waals surface area (Å²) in [5, 5.41) is 0.0906. The molecular formula is C20H37NO4Si. The Morgan fingerprint density at radius 1 is 1.12 bits per heavy atom. The number of carbonyl (C=O) groups is 2. The van der Waals surface area contributed by atoms with Gasteiger partial charge in [-0.2, -0.15) is 0 Å². The average molecular weight is 384 g/mol. The van der Waals surface area contributed by atoms with Crippen LogP contribution in [0.2, 0.25) is 18.1 Å². The summed E-state index contributed by atoms with van der Waals surface area (Å²) in [6.45, 7) is 19.8. The smallest absolute Gasteiger partial charge is 0.411 e. The number of hydrogen-bond acceptors (Lipinski definition) is 4. The van der Waals surface area contributed by atoms with Crippen molar-refractivity contribution in [1.82, 2.24) is 4.90 Å². The molecule has 0 aromatic carbocycles. The molecule has 0 fully saturated rings. The first-order valence-electron chi connectivity index (χ1n) is 9.10. The predicted octanol–water partition coefficient (Wildman–Crippen LogP) is 5.29. The summed E-state index contributed by atoms with van der Waals surface area (Å²) in [5.74, 6) is -0.149. The molecule has 5 nitrogen and oxygen atoms in total. The number of nitrogens with zero attached hydrogens (tertiary/aromatic N) is 1. The molecule has 0 aliphatic carbocycles. The van der Waals surface area contributed by atoms with Crippen molar-refractivity contribution in [2.45, 2.75) is 85.2 Å². The highest BCUT2D eigenvalue weighted by Crippen LogP contribution is 2.36. The third-order valence-electron chi connectivity index (χ3n) is 4.32. The van der Waals surface area contributed by atoms with E-state index in [4.69, 9.17) is 9.16 Å². The second-order valence-electron chi connectivity index (χ2n) is 9.02. The number of rotatable bonds is 7. The lowest BCUT2D eigenvalue weighted by atomic mass is 10.2. The fourth-order valence-electron chi connectivity index (χ4n) is 1.71. The maximum Gasteiger partial charge on any atom is 0.411 e. The maximum atomic E-state index is 12.5. The summed E-state index contributed by atoms with van der Waals surface area (Å²) in [5.41, 5.74) is -0.625. The molecule has 0 radical (unpaired) electrons. The SMILES string of the molecule is CC=CC(=O)CN(C(=O)OC(C)(C)C)C(C)C=CO[Si](C)(C)C(C)(C)C. The Morgan fingerprint density at radius 2 is 1.65 bits per heavy atom. The van der Waals surface area contributed by atoms with E-state index < -0.39 is 20.0 Å².